The maximum atomic E-state index is 12.8. The number of benzene rings is 3. The third-order valence-corrected chi connectivity index (χ3v) is 6.27. The van der Waals surface area contributed by atoms with Gasteiger partial charge in [-0.25, -0.2) is 8.42 Å². The number of rotatable bonds is 7. The highest BCUT2D eigenvalue weighted by Crippen LogP contribution is 2.26. The maximum absolute atomic E-state index is 12.8. The van der Waals surface area contributed by atoms with Crippen LogP contribution in [0.25, 0.3) is 10.8 Å². The van der Waals surface area contributed by atoms with Gasteiger partial charge in [0.2, 0.25) is 15.9 Å². The van der Waals surface area contributed by atoms with Crippen molar-refractivity contribution >= 4 is 26.7 Å². The van der Waals surface area contributed by atoms with Crippen LogP contribution >= 0.6 is 0 Å². The van der Waals surface area contributed by atoms with Crippen molar-refractivity contribution in [1.29, 1.82) is 0 Å². The summed E-state index contributed by atoms with van der Waals surface area (Å²) in [5.41, 5.74) is 0.105. The zero-order chi connectivity index (χ0) is 22.6. The highest BCUT2D eigenvalue weighted by atomic mass is 32.2. The molecule has 0 radical (unpaired) electrons. The number of nitrogens with zero attached hydrogens (tertiary/aromatic N) is 1. The molecule has 1 N–H and O–H groups in total. The van der Waals surface area contributed by atoms with Crippen molar-refractivity contribution in [3.63, 3.8) is 0 Å². The number of ether oxygens (including phenoxy) is 1. The van der Waals surface area contributed by atoms with E-state index in [2.05, 4.69) is 10.1 Å². The molecule has 0 aliphatic carbocycles. The van der Waals surface area contributed by atoms with E-state index in [4.69, 9.17) is 0 Å². The van der Waals surface area contributed by atoms with Gasteiger partial charge in [0.1, 0.15) is 5.75 Å². The molecule has 0 saturated heterocycles. The van der Waals surface area contributed by atoms with Crippen molar-refractivity contribution in [2.75, 3.05) is 13.6 Å². The Bertz CT molecular complexity index is 1200. The van der Waals surface area contributed by atoms with E-state index in [1.54, 1.807) is 18.2 Å². The molecule has 3 aromatic rings. The number of alkyl halides is 3. The molecule has 1 amide bonds. The number of likely N-dealkylation sites (N-methyl/N-ethyl adjacent to an activating group) is 1. The van der Waals surface area contributed by atoms with Crippen LogP contribution < -0.4 is 10.1 Å². The summed E-state index contributed by atoms with van der Waals surface area (Å²) in [5.74, 6) is -1.11. The molecule has 0 atom stereocenters. The lowest BCUT2D eigenvalue weighted by atomic mass is 10.1. The van der Waals surface area contributed by atoms with Crippen LogP contribution in [0.5, 0.6) is 5.75 Å². The molecular weight excluding hydrogens is 433 g/mol. The van der Waals surface area contributed by atoms with Gasteiger partial charge in [0.25, 0.3) is 0 Å². The molecule has 3 rings (SSSR count). The Hall–Kier alpha value is -3.11. The lowest BCUT2D eigenvalue weighted by Crippen LogP contribution is -2.38. The van der Waals surface area contributed by atoms with Crippen molar-refractivity contribution < 1.29 is 31.1 Å². The molecule has 0 spiro atoms. The number of para-hydroxylation sites is 1. The van der Waals surface area contributed by atoms with Gasteiger partial charge in [-0.05, 0) is 29.0 Å². The molecule has 3 aromatic carbocycles. The summed E-state index contributed by atoms with van der Waals surface area (Å²) in [6, 6.07) is 17.3. The molecular formula is C21H19F3N2O4S. The summed E-state index contributed by atoms with van der Waals surface area (Å²) >= 11 is 0. The largest absolute Gasteiger partial charge is 0.573 e. The SMILES string of the molecule is CN(CC(=O)NCc1ccccc1OC(F)(F)F)S(=O)(=O)c1ccc2ccccc2c1. The van der Waals surface area contributed by atoms with Gasteiger partial charge in [0, 0.05) is 19.2 Å². The summed E-state index contributed by atoms with van der Waals surface area (Å²) in [5, 5.41) is 4.03. The molecule has 0 heterocycles. The summed E-state index contributed by atoms with van der Waals surface area (Å²) in [4.78, 5) is 12.3. The topological polar surface area (TPSA) is 75.7 Å². The van der Waals surface area contributed by atoms with Crippen LogP contribution in [0.15, 0.2) is 71.6 Å². The number of hydrogen-bond donors (Lipinski definition) is 1. The minimum Gasteiger partial charge on any atom is -0.405 e. The van der Waals surface area contributed by atoms with Crippen LogP contribution in [0.1, 0.15) is 5.56 Å². The molecule has 0 saturated carbocycles. The van der Waals surface area contributed by atoms with E-state index in [0.717, 1.165) is 21.1 Å². The number of halogens is 3. The number of fused-ring (bicyclic) bond motifs is 1. The van der Waals surface area contributed by atoms with Crippen molar-refractivity contribution in [2.24, 2.45) is 0 Å². The number of sulfonamides is 1. The minimum absolute atomic E-state index is 0.0328. The van der Waals surface area contributed by atoms with E-state index < -0.39 is 34.6 Å². The van der Waals surface area contributed by atoms with Crippen molar-refractivity contribution in [3.8, 4) is 5.75 Å². The second kappa shape index (κ2) is 8.94. The standard InChI is InChI=1S/C21H19F3N2O4S/c1-26(31(28,29)18-11-10-15-6-2-3-7-16(15)12-18)14-20(27)25-13-17-8-4-5-9-19(17)30-21(22,23)24/h2-12H,13-14H2,1H3,(H,25,27). The smallest absolute Gasteiger partial charge is 0.405 e. The summed E-state index contributed by atoms with van der Waals surface area (Å²) < 4.78 is 67.9. The van der Waals surface area contributed by atoms with Crippen LogP contribution in [0, 0.1) is 0 Å². The number of nitrogens with one attached hydrogen (secondary N) is 1. The van der Waals surface area contributed by atoms with E-state index in [1.807, 2.05) is 12.1 Å². The molecule has 31 heavy (non-hydrogen) atoms. The van der Waals surface area contributed by atoms with E-state index in [1.165, 1.54) is 37.4 Å². The predicted molar refractivity (Wildman–Crippen MR) is 109 cm³/mol. The molecule has 0 unspecified atom stereocenters. The normalized spacial score (nSPS) is 12.2. The number of hydrogen-bond acceptors (Lipinski definition) is 4. The van der Waals surface area contributed by atoms with Crippen LogP contribution in [-0.4, -0.2) is 38.6 Å². The molecule has 0 fully saturated rings. The second-order valence-electron chi connectivity index (χ2n) is 6.70. The average Bonchev–Trinajstić information content (AvgIpc) is 2.71. The number of carbonyl (C=O) groups is 1. The first-order valence-electron chi connectivity index (χ1n) is 9.12. The molecule has 6 nitrogen and oxygen atoms in total. The Morgan fingerprint density at radius 2 is 1.65 bits per heavy atom. The highest BCUT2D eigenvalue weighted by Gasteiger charge is 2.32. The first-order valence-corrected chi connectivity index (χ1v) is 10.6. The quantitative estimate of drug-likeness (QED) is 0.594. The maximum Gasteiger partial charge on any atom is 0.573 e. The van der Waals surface area contributed by atoms with Gasteiger partial charge in [-0.15, -0.1) is 13.2 Å². The van der Waals surface area contributed by atoms with E-state index in [9.17, 15) is 26.4 Å². The third-order valence-electron chi connectivity index (χ3n) is 4.47. The average molecular weight is 452 g/mol. The predicted octanol–water partition coefficient (Wildman–Crippen LogP) is 3.68. The second-order valence-corrected chi connectivity index (χ2v) is 8.75. The summed E-state index contributed by atoms with van der Waals surface area (Å²) in [6.07, 6.45) is -4.87. The zero-order valence-corrected chi connectivity index (χ0v) is 17.2. The number of carbonyl (C=O) groups excluding carboxylic acids is 1. The van der Waals surface area contributed by atoms with Crippen LogP contribution in [0.2, 0.25) is 0 Å². The lowest BCUT2D eigenvalue weighted by Gasteiger charge is -2.18. The van der Waals surface area contributed by atoms with Gasteiger partial charge in [0.05, 0.1) is 11.4 Å². The van der Waals surface area contributed by atoms with E-state index in [-0.39, 0.29) is 17.0 Å². The fraction of sp³-hybridized carbons (Fsp3) is 0.190. The Morgan fingerprint density at radius 3 is 2.35 bits per heavy atom. The monoisotopic (exact) mass is 452 g/mol. The van der Waals surface area contributed by atoms with Gasteiger partial charge < -0.3 is 10.1 Å². The zero-order valence-electron chi connectivity index (χ0n) is 16.4. The van der Waals surface area contributed by atoms with Gasteiger partial charge >= 0.3 is 6.36 Å². The lowest BCUT2D eigenvalue weighted by molar-refractivity contribution is -0.274. The van der Waals surface area contributed by atoms with E-state index in [0.29, 0.717) is 0 Å². The van der Waals surface area contributed by atoms with Crippen molar-refractivity contribution in [1.82, 2.24) is 9.62 Å². The summed E-state index contributed by atoms with van der Waals surface area (Å²) in [7, 11) is -2.69. The Morgan fingerprint density at radius 1 is 1.00 bits per heavy atom. The Kier molecular flexibility index (Phi) is 6.51. The molecule has 0 aliphatic heterocycles. The first-order chi connectivity index (χ1) is 14.6. The van der Waals surface area contributed by atoms with E-state index >= 15 is 0 Å². The van der Waals surface area contributed by atoms with Crippen LogP contribution in [0.4, 0.5) is 13.2 Å². The Labute approximate surface area is 177 Å². The summed E-state index contributed by atoms with van der Waals surface area (Å²) in [6.45, 7) is -0.758. The third kappa shape index (κ3) is 5.74. The molecule has 164 valence electrons. The van der Waals surface area contributed by atoms with Crippen molar-refractivity contribution in [2.45, 2.75) is 17.8 Å². The highest BCUT2D eigenvalue weighted by molar-refractivity contribution is 7.89. The van der Waals surface area contributed by atoms with Crippen LogP contribution in [0.3, 0.4) is 0 Å². The van der Waals surface area contributed by atoms with Crippen LogP contribution in [-0.2, 0) is 21.4 Å². The van der Waals surface area contributed by atoms with Gasteiger partial charge in [0.15, 0.2) is 0 Å². The van der Waals surface area contributed by atoms with Crippen molar-refractivity contribution in [3.05, 3.63) is 72.3 Å². The number of amides is 1. The fourth-order valence-corrected chi connectivity index (χ4v) is 4.08. The minimum atomic E-state index is -4.87. The van der Waals surface area contributed by atoms with Gasteiger partial charge in [-0.2, -0.15) is 4.31 Å². The Balaban J connectivity index is 1.66. The van der Waals surface area contributed by atoms with Gasteiger partial charge in [-0.1, -0.05) is 48.5 Å². The van der Waals surface area contributed by atoms with Gasteiger partial charge in [-0.3, -0.25) is 4.79 Å². The fourth-order valence-electron chi connectivity index (χ4n) is 2.92. The molecule has 0 bridgehead atoms. The molecule has 10 heteroatoms. The molecule has 0 aliphatic rings. The first kappa shape index (κ1) is 22.6. The molecule has 0 aromatic heterocycles.